The van der Waals surface area contributed by atoms with E-state index in [4.69, 9.17) is 0 Å². The van der Waals surface area contributed by atoms with Crippen molar-refractivity contribution in [3.05, 3.63) is 11.1 Å². The molecule has 2 N–H and O–H groups in total. The number of guanidine groups is 1. The maximum Gasteiger partial charge on any atom is 0.197 e. The summed E-state index contributed by atoms with van der Waals surface area (Å²) in [5.74, 6) is 0.726. The summed E-state index contributed by atoms with van der Waals surface area (Å²) in [7, 11) is 0. The smallest absolute Gasteiger partial charge is 0.197 e. The van der Waals surface area contributed by atoms with E-state index >= 15 is 0 Å². The average Bonchev–Trinajstić information content (AvgIpc) is 2.68. The third-order valence-corrected chi connectivity index (χ3v) is 2.75. The van der Waals surface area contributed by atoms with Gasteiger partial charge in [-0.2, -0.15) is 0 Å². The number of aromatic nitrogens is 1. The Bertz CT molecular complexity index is 399. The standard InChI is InChI=1S/C9H12N4OS/c1-6(14)7-5-15-9(12-7)13-8-10-3-2-4-11-8/h5H,2-4H2,1H3,(H2,10,11,12,13). The van der Waals surface area contributed by atoms with Crippen molar-refractivity contribution in [1.82, 2.24) is 10.3 Å². The predicted molar refractivity (Wildman–Crippen MR) is 60.7 cm³/mol. The molecule has 1 aliphatic rings. The minimum Gasteiger partial charge on any atom is -0.356 e. The minimum absolute atomic E-state index is 0.0159. The second kappa shape index (κ2) is 4.39. The topological polar surface area (TPSA) is 66.4 Å². The number of aliphatic imine (C=N–C) groups is 1. The molecule has 0 unspecified atom stereocenters. The summed E-state index contributed by atoms with van der Waals surface area (Å²) in [6.45, 7) is 3.27. The molecule has 80 valence electrons. The molecule has 0 radical (unpaired) electrons. The first-order valence-corrected chi connectivity index (χ1v) is 5.65. The van der Waals surface area contributed by atoms with Crippen LogP contribution in [0.2, 0.25) is 0 Å². The molecule has 0 atom stereocenters. The molecule has 0 aliphatic carbocycles. The summed E-state index contributed by atoms with van der Waals surface area (Å²) < 4.78 is 0. The van der Waals surface area contributed by atoms with Gasteiger partial charge in [0, 0.05) is 25.4 Å². The first-order chi connectivity index (χ1) is 7.25. The van der Waals surface area contributed by atoms with Crippen LogP contribution in [0.1, 0.15) is 23.8 Å². The number of anilines is 1. The Morgan fingerprint density at radius 3 is 3.13 bits per heavy atom. The quantitative estimate of drug-likeness (QED) is 0.738. The maximum atomic E-state index is 11.0. The maximum absolute atomic E-state index is 11.0. The Kier molecular flexibility index (Phi) is 2.96. The van der Waals surface area contributed by atoms with Crippen LogP contribution in [-0.2, 0) is 0 Å². The van der Waals surface area contributed by atoms with E-state index in [1.165, 1.54) is 18.3 Å². The third kappa shape index (κ3) is 2.53. The van der Waals surface area contributed by atoms with Gasteiger partial charge in [-0.3, -0.25) is 9.79 Å². The molecule has 0 bridgehead atoms. The fourth-order valence-corrected chi connectivity index (χ4v) is 1.96. The molecule has 0 fully saturated rings. The summed E-state index contributed by atoms with van der Waals surface area (Å²) >= 11 is 1.41. The third-order valence-electron chi connectivity index (χ3n) is 1.99. The van der Waals surface area contributed by atoms with Crippen LogP contribution in [0.25, 0.3) is 0 Å². The predicted octanol–water partition coefficient (Wildman–Crippen LogP) is 1.11. The highest BCUT2D eigenvalue weighted by Crippen LogP contribution is 2.15. The van der Waals surface area contributed by atoms with Crippen LogP contribution in [-0.4, -0.2) is 29.8 Å². The monoisotopic (exact) mass is 224 g/mol. The van der Waals surface area contributed by atoms with Crippen LogP contribution in [0.3, 0.4) is 0 Å². The number of Topliss-reactive ketones (excluding diaryl/α,β-unsaturated/α-hetero) is 1. The zero-order chi connectivity index (χ0) is 10.7. The Labute approximate surface area is 91.6 Å². The Morgan fingerprint density at radius 2 is 2.53 bits per heavy atom. The van der Waals surface area contributed by atoms with Gasteiger partial charge in [0.05, 0.1) is 0 Å². The number of hydrogen-bond acceptors (Lipinski definition) is 6. The molecular formula is C9H12N4OS. The van der Waals surface area contributed by atoms with Crippen LogP contribution in [0.15, 0.2) is 10.4 Å². The summed E-state index contributed by atoms with van der Waals surface area (Å²) in [6.07, 6.45) is 1.06. The molecule has 2 heterocycles. The van der Waals surface area contributed by atoms with E-state index in [0.717, 1.165) is 25.5 Å². The van der Waals surface area contributed by atoms with Gasteiger partial charge in [0.1, 0.15) is 5.69 Å². The molecule has 1 aromatic heterocycles. The van der Waals surface area contributed by atoms with E-state index < -0.39 is 0 Å². The van der Waals surface area contributed by atoms with Crippen molar-refractivity contribution in [3.8, 4) is 0 Å². The Balaban J connectivity index is 2.04. The lowest BCUT2D eigenvalue weighted by Crippen LogP contribution is -2.35. The number of thiazole rings is 1. The summed E-state index contributed by atoms with van der Waals surface area (Å²) in [4.78, 5) is 19.4. The molecule has 0 saturated carbocycles. The molecule has 0 amide bonds. The highest BCUT2D eigenvalue weighted by Gasteiger charge is 2.09. The lowest BCUT2D eigenvalue weighted by atomic mass is 10.4. The second-order valence-electron chi connectivity index (χ2n) is 3.23. The minimum atomic E-state index is -0.0159. The van der Waals surface area contributed by atoms with Crippen LogP contribution in [0, 0.1) is 0 Å². The van der Waals surface area contributed by atoms with Crippen molar-refractivity contribution >= 4 is 28.2 Å². The summed E-state index contributed by atoms with van der Waals surface area (Å²) in [5.41, 5.74) is 0.499. The van der Waals surface area contributed by atoms with Crippen molar-refractivity contribution in [2.24, 2.45) is 4.99 Å². The molecule has 0 saturated heterocycles. The number of carbonyl (C=O) groups excluding carboxylic acids is 1. The lowest BCUT2D eigenvalue weighted by molar-refractivity contribution is 0.101. The Hall–Kier alpha value is -1.43. The second-order valence-corrected chi connectivity index (χ2v) is 4.09. The average molecular weight is 224 g/mol. The molecule has 5 nitrogen and oxygen atoms in total. The zero-order valence-electron chi connectivity index (χ0n) is 8.41. The number of carbonyl (C=O) groups is 1. The molecule has 2 rings (SSSR count). The van der Waals surface area contributed by atoms with E-state index in [-0.39, 0.29) is 5.78 Å². The van der Waals surface area contributed by atoms with Gasteiger partial charge in [0.15, 0.2) is 16.9 Å². The normalized spacial score (nSPS) is 15.4. The Morgan fingerprint density at radius 1 is 1.67 bits per heavy atom. The first-order valence-electron chi connectivity index (χ1n) is 4.77. The van der Waals surface area contributed by atoms with E-state index in [9.17, 15) is 4.79 Å². The van der Waals surface area contributed by atoms with Gasteiger partial charge in [0.2, 0.25) is 0 Å². The molecule has 1 aromatic rings. The fraction of sp³-hybridized carbons (Fsp3) is 0.444. The highest BCUT2D eigenvalue weighted by atomic mass is 32.1. The number of nitrogens with zero attached hydrogens (tertiary/aromatic N) is 2. The van der Waals surface area contributed by atoms with Gasteiger partial charge in [-0.25, -0.2) is 4.98 Å². The summed E-state index contributed by atoms with van der Waals surface area (Å²) in [5, 5.41) is 8.62. The molecule has 0 spiro atoms. The lowest BCUT2D eigenvalue weighted by Gasteiger charge is -2.13. The number of nitrogens with one attached hydrogen (secondary N) is 2. The summed E-state index contributed by atoms with van der Waals surface area (Å²) in [6, 6.07) is 0. The van der Waals surface area contributed by atoms with E-state index in [1.807, 2.05) is 0 Å². The van der Waals surface area contributed by atoms with Gasteiger partial charge >= 0.3 is 0 Å². The number of ketones is 1. The van der Waals surface area contributed by atoms with E-state index in [0.29, 0.717) is 10.8 Å². The van der Waals surface area contributed by atoms with Crippen molar-refractivity contribution < 1.29 is 4.79 Å². The van der Waals surface area contributed by atoms with Crippen LogP contribution in [0.4, 0.5) is 5.13 Å². The van der Waals surface area contributed by atoms with Gasteiger partial charge in [-0.05, 0) is 6.42 Å². The fourth-order valence-electron chi connectivity index (χ4n) is 1.21. The van der Waals surface area contributed by atoms with Crippen molar-refractivity contribution in [2.45, 2.75) is 13.3 Å². The van der Waals surface area contributed by atoms with Crippen molar-refractivity contribution in [2.75, 3.05) is 18.4 Å². The molecule has 15 heavy (non-hydrogen) atoms. The van der Waals surface area contributed by atoms with E-state index in [2.05, 4.69) is 20.6 Å². The molecule has 6 heteroatoms. The van der Waals surface area contributed by atoms with Crippen molar-refractivity contribution in [3.63, 3.8) is 0 Å². The molecular weight excluding hydrogens is 212 g/mol. The van der Waals surface area contributed by atoms with Crippen molar-refractivity contribution in [1.29, 1.82) is 0 Å². The van der Waals surface area contributed by atoms with Crippen LogP contribution < -0.4 is 10.6 Å². The first kappa shape index (κ1) is 10.1. The van der Waals surface area contributed by atoms with Gasteiger partial charge in [-0.15, -0.1) is 11.3 Å². The number of hydrogen-bond donors (Lipinski definition) is 2. The van der Waals surface area contributed by atoms with Gasteiger partial charge in [-0.1, -0.05) is 0 Å². The highest BCUT2D eigenvalue weighted by molar-refractivity contribution is 7.14. The van der Waals surface area contributed by atoms with Crippen LogP contribution in [0.5, 0.6) is 0 Å². The SMILES string of the molecule is CC(=O)c1csc(NC2=NCCCN2)n1. The van der Waals surface area contributed by atoms with Gasteiger partial charge in [0.25, 0.3) is 0 Å². The molecule has 1 aliphatic heterocycles. The number of rotatable bonds is 2. The largest absolute Gasteiger partial charge is 0.356 e. The van der Waals surface area contributed by atoms with Crippen LogP contribution >= 0.6 is 11.3 Å². The van der Waals surface area contributed by atoms with Gasteiger partial charge < -0.3 is 10.6 Å². The molecule has 0 aromatic carbocycles. The zero-order valence-corrected chi connectivity index (χ0v) is 9.23. The van der Waals surface area contributed by atoms with E-state index in [1.54, 1.807) is 5.38 Å².